The number of ether oxygens (including phenoxy) is 1. The minimum absolute atomic E-state index is 0.0130. The molecule has 2 saturated heterocycles. The number of nitrogens with zero attached hydrogens (tertiary/aromatic N) is 5. The number of nitrogens with one attached hydrogen (secondary N) is 1. The lowest BCUT2D eigenvalue weighted by Crippen LogP contribution is -2.43. The average Bonchev–Trinajstić information content (AvgIpc) is 3.02. The summed E-state index contributed by atoms with van der Waals surface area (Å²) >= 11 is 0. The lowest BCUT2D eigenvalue weighted by Gasteiger charge is -2.33. The van der Waals surface area contributed by atoms with Crippen molar-refractivity contribution < 1.29 is 21.9 Å². The molecule has 45 heavy (non-hydrogen) atoms. The third-order valence-electron chi connectivity index (χ3n) is 9.40. The van der Waals surface area contributed by atoms with Crippen LogP contribution in [0.4, 0.5) is 20.3 Å². The SMILES string of the molecule is C[C@H]1Nc2ncnc3c2cc(N2CCS(=O)(=O)CC2)c(=O)n3CCCOCCCN2CCC(CC2)CC(F)(F)c2cccc1c2. The van der Waals surface area contributed by atoms with Gasteiger partial charge in [0.25, 0.3) is 11.5 Å². The molecule has 8 bridgehead atoms. The van der Waals surface area contributed by atoms with E-state index in [0.717, 1.165) is 38.9 Å². The fraction of sp³-hybridized carbons (Fsp3) is 0.594. The van der Waals surface area contributed by atoms with Gasteiger partial charge in [0.05, 0.1) is 16.9 Å². The van der Waals surface area contributed by atoms with E-state index in [1.54, 1.807) is 22.8 Å². The van der Waals surface area contributed by atoms with Crippen molar-refractivity contribution in [3.63, 3.8) is 0 Å². The van der Waals surface area contributed by atoms with Crippen molar-refractivity contribution in [2.45, 2.75) is 57.5 Å². The van der Waals surface area contributed by atoms with Crippen LogP contribution >= 0.6 is 0 Å². The molecule has 2 fully saturated rings. The Balaban J connectivity index is 1.36. The number of piperidine rings is 1. The van der Waals surface area contributed by atoms with Gasteiger partial charge in [0.15, 0.2) is 9.84 Å². The number of aryl methyl sites for hydroxylation is 1. The topological polar surface area (TPSA) is 110 Å². The van der Waals surface area contributed by atoms with Crippen molar-refractivity contribution in [3.8, 4) is 0 Å². The summed E-state index contributed by atoms with van der Waals surface area (Å²) in [6.07, 6.45) is 4.21. The highest BCUT2D eigenvalue weighted by atomic mass is 32.2. The van der Waals surface area contributed by atoms with Crippen molar-refractivity contribution in [1.82, 2.24) is 19.4 Å². The molecule has 3 aromatic rings. The summed E-state index contributed by atoms with van der Waals surface area (Å²) in [4.78, 5) is 27.0. The van der Waals surface area contributed by atoms with Gasteiger partial charge in [-0.05, 0) is 69.3 Å². The van der Waals surface area contributed by atoms with Crippen LogP contribution in [0.5, 0.6) is 0 Å². The number of hydrogen-bond acceptors (Lipinski definition) is 9. The van der Waals surface area contributed by atoms with Crippen molar-refractivity contribution in [1.29, 1.82) is 0 Å². The molecule has 10 nitrogen and oxygen atoms in total. The van der Waals surface area contributed by atoms with E-state index in [2.05, 4.69) is 20.2 Å². The largest absolute Gasteiger partial charge is 0.381 e. The first-order valence-corrected chi connectivity index (χ1v) is 17.8. The summed E-state index contributed by atoms with van der Waals surface area (Å²) in [5.74, 6) is -2.55. The summed E-state index contributed by atoms with van der Waals surface area (Å²) in [5.41, 5.74) is 1.31. The predicted octanol–water partition coefficient (Wildman–Crippen LogP) is 4.20. The van der Waals surface area contributed by atoms with Crippen LogP contribution in [-0.2, 0) is 27.0 Å². The number of pyridine rings is 1. The molecule has 6 heterocycles. The molecule has 13 heteroatoms. The van der Waals surface area contributed by atoms with Gasteiger partial charge in [0, 0.05) is 57.4 Å². The molecule has 1 N–H and O–H groups in total. The highest BCUT2D eigenvalue weighted by molar-refractivity contribution is 7.91. The minimum atomic E-state index is -3.15. The first-order valence-electron chi connectivity index (χ1n) is 16.0. The Kier molecular flexibility index (Phi) is 9.39. The molecule has 0 unspecified atom stereocenters. The molecule has 244 valence electrons. The number of benzene rings is 1. The number of fused-ring (bicyclic) bond motifs is 10. The molecule has 1 aromatic carbocycles. The van der Waals surface area contributed by atoms with E-state index < -0.39 is 15.8 Å². The van der Waals surface area contributed by atoms with Gasteiger partial charge in [-0.2, -0.15) is 0 Å². The van der Waals surface area contributed by atoms with Gasteiger partial charge >= 0.3 is 0 Å². The van der Waals surface area contributed by atoms with Crippen LogP contribution in [0.3, 0.4) is 0 Å². The number of sulfone groups is 1. The predicted molar refractivity (Wildman–Crippen MR) is 171 cm³/mol. The number of alkyl halides is 2. The molecule has 0 saturated carbocycles. The van der Waals surface area contributed by atoms with Crippen LogP contribution in [0.15, 0.2) is 41.5 Å². The maximum Gasteiger partial charge on any atom is 0.275 e. The normalized spacial score (nSPS) is 26.1. The summed E-state index contributed by atoms with van der Waals surface area (Å²) in [7, 11) is -3.15. The van der Waals surface area contributed by atoms with Crippen LogP contribution < -0.4 is 15.8 Å². The Morgan fingerprint density at radius 2 is 1.71 bits per heavy atom. The van der Waals surface area contributed by atoms with Crippen molar-refractivity contribution in [2.24, 2.45) is 5.92 Å². The lowest BCUT2D eigenvalue weighted by molar-refractivity contribution is -0.0374. The van der Waals surface area contributed by atoms with Crippen LogP contribution in [0.25, 0.3) is 11.0 Å². The van der Waals surface area contributed by atoms with Gasteiger partial charge in [-0.25, -0.2) is 27.2 Å². The quantitative estimate of drug-likeness (QED) is 0.417. The molecule has 7 rings (SSSR count). The fourth-order valence-electron chi connectivity index (χ4n) is 6.71. The van der Waals surface area contributed by atoms with Gasteiger partial charge in [-0.15, -0.1) is 0 Å². The van der Waals surface area contributed by atoms with Crippen LogP contribution in [0.1, 0.15) is 56.2 Å². The second-order valence-electron chi connectivity index (χ2n) is 12.6. The zero-order chi connectivity index (χ0) is 31.6. The summed E-state index contributed by atoms with van der Waals surface area (Å²) in [5, 5.41) is 3.98. The molecular weight excluding hydrogens is 602 g/mol. The Morgan fingerprint density at radius 1 is 0.978 bits per heavy atom. The lowest BCUT2D eigenvalue weighted by atomic mass is 9.87. The first kappa shape index (κ1) is 31.8. The minimum Gasteiger partial charge on any atom is -0.381 e. The van der Waals surface area contributed by atoms with E-state index in [0.29, 0.717) is 54.3 Å². The molecule has 4 aliphatic heterocycles. The van der Waals surface area contributed by atoms with Crippen molar-refractivity contribution >= 4 is 32.4 Å². The monoisotopic (exact) mass is 644 g/mol. The summed E-state index contributed by atoms with van der Waals surface area (Å²) in [6.45, 7) is 6.26. The smallest absolute Gasteiger partial charge is 0.275 e. The van der Waals surface area contributed by atoms with Gasteiger partial charge < -0.3 is 19.9 Å². The third-order valence-corrected chi connectivity index (χ3v) is 11.0. The standard InChI is InChI=1S/C32H42F2N6O4S/c1-23-25-5-2-6-26(19-25)32(33,34)21-24-7-11-38(12-8-24)9-3-15-44-16-4-10-40-30-27(29(37-23)35-22-36-30)20-28(31(40)41)39-13-17-45(42,43)18-14-39/h2,5-6,19-20,22-24H,3-4,7-18,21H2,1H3,(H,35,36,37)/t23-/m1/s1. The maximum absolute atomic E-state index is 15.6. The molecular formula is C32H42F2N6O4S. The highest BCUT2D eigenvalue weighted by Gasteiger charge is 2.36. The summed E-state index contributed by atoms with van der Waals surface area (Å²) < 4.78 is 63.0. The third kappa shape index (κ3) is 7.30. The van der Waals surface area contributed by atoms with Gasteiger partial charge in [0.2, 0.25) is 0 Å². The fourth-order valence-corrected chi connectivity index (χ4v) is 7.91. The first-order chi connectivity index (χ1) is 21.6. The van der Waals surface area contributed by atoms with Crippen LogP contribution in [-0.4, -0.2) is 85.3 Å². The van der Waals surface area contributed by atoms with E-state index in [1.807, 2.05) is 17.9 Å². The van der Waals surface area contributed by atoms with Gasteiger partial charge in [-0.1, -0.05) is 18.2 Å². The highest BCUT2D eigenvalue weighted by Crippen LogP contribution is 2.39. The molecule has 4 aliphatic rings. The number of halogens is 2. The van der Waals surface area contributed by atoms with Crippen molar-refractivity contribution in [2.75, 3.05) is 67.7 Å². The molecule has 0 aliphatic carbocycles. The zero-order valence-corrected chi connectivity index (χ0v) is 26.6. The van der Waals surface area contributed by atoms with Crippen LogP contribution in [0, 0.1) is 5.92 Å². The Bertz CT molecular complexity index is 1660. The van der Waals surface area contributed by atoms with Gasteiger partial charge in [-0.3, -0.25) is 9.36 Å². The van der Waals surface area contributed by atoms with Gasteiger partial charge in [0.1, 0.15) is 23.5 Å². The van der Waals surface area contributed by atoms with E-state index in [-0.39, 0.29) is 54.1 Å². The number of anilines is 2. The second kappa shape index (κ2) is 13.3. The molecule has 0 radical (unpaired) electrons. The number of hydrogen-bond donors (Lipinski definition) is 1. The summed E-state index contributed by atoms with van der Waals surface area (Å²) in [6, 6.07) is 7.94. The molecule has 2 aromatic heterocycles. The van der Waals surface area contributed by atoms with Crippen LogP contribution in [0.2, 0.25) is 0 Å². The Hall–Kier alpha value is -3.16. The molecule has 1 atom stereocenters. The van der Waals surface area contributed by atoms with E-state index in [1.165, 1.54) is 12.4 Å². The van der Waals surface area contributed by atoms with E-state index in [4.69, 9.17) is 4.74 Å². The van der Waals surface area contributed by atoms with E-state index in [9.17, 15) is 13.2 Å². The number of rotatable bonds is 1. The molecule has 0 amide bonds. The maximum atomic E-state index is 15.6. The number of aromatic nitrogens is 3. The second-order valence-corrected chi connectivity index (χ2v) is 14.9. The average molecular weight is 645 g/mol. The zero-order valence-electron chi connectivity index (χ0n) is 25.8. The Morgan fingerprint density at radius 3 is 2.47 bits per heavy atom. The van der Waals surface area contributed by atoms with Crippen molar-refractivity contribution in [3.05, 3.63) is 58.1 Å². The Labute approximate surface area is 262 Å². The molecule has 0 spiro atoms. The van der Waals surface area contributed by atoms with E-state index >= 15 is 8.78 Å².